The fraction of sp³-hybridized carbons (Fsp3) is 0.333. The molecule has 0 saturated heterocycles. The fourth-order valence-electron chi connectivity index (χ4n) is 1.37. The third-order valence-corrected chi connectivity index (χ3v) is 3.18. The van der Waals surface area contributed by atoms with Crippen molar-refractivity contribution in [2.45, 2.75) is 6.42 Å². The number of nitrogens with two attached hydrogens (primary N) is 1. The summed E-state index contributed by atoms with van der Waals surface area (Å²) in [7, 11) is 0. The molecule has 0 unspecified atom stereocenters. The monoisotopic (exact) mass is 288 g/mol. The quantitative estimate of drug-likeness (QED) is 0.781. The van der Waals surface area contributed by atoms with E-state index in [2.05, 4.69) is 5.32 Å². The molecule has 104 valence electrons. The van der Waals surface area contributed by atoms with E-state index in [4.69, 9.17) is 5.73 Å². The Morgan fingerprint density at radius 1 is 1.26 bits per heavy atom. The second-order valence-corrected chi connectivity index (χ2v) is 4.76. The van der Waals surface area contributed by atoms with E-state index >= 15 is 0 Å². The smallest absolute Gasteiger partial charge is 0.230 e. The van der Waals surface area contributed by atoms with Crippen LogP contribution in [-0.4, -0.2) is 29.9 Å². The van der Waals surface area contributed by atoms with Crippen molar-refractivity contribution in [2.75, 3.05) is 18.1 Å². The molecule has 0 saturated carbocycles. The Bertz CT molecular complexity index is 469. The SMILES string of the molecule is NC(=O)CSCC(=O)NCCc1cccc(F)c1F. The molecule has 4 nitrogen and oxygen atoms in total. The minimum atomic E-state index is -0.902. The first-order chi connectivity index (χ1) is 9.00. The van der Waals surface area contributed by atoms with Crippen LogP contribution in [0.2, 0.25) is 0 Å². The van der Waals surface area contributed by atoms with E-state index in [1.54, 1.807) is 0 Å². The topological polar surface area (TPSA) is 72.2 Å². The molecular weight excluding hydrogens is 274 g/mol. The first-order valence-corrected chi connectivity index (χ1v) is 6.72. The maximum Gasteiger partial charge on any atom is 0.230 e. The van der Waals surface area contributed by atoms with Crippen LogP contribution in [0.25, 0.3) is 0 Å². The Balaban J connectivity index is 2.28. The van der Waals surface area contributed by atoms with E-state index in [9.17, 15) is 18.4 Å². The van der Waals surface area contributed by atoms with Gasteiger partial charge in [-0.2, -0.15) is 0 Å². The van der Waals surface area contributed by atoms with Gasteiger partial charge in [0.2, 0.25) is 11.8 Å². The predicted octanol–water partition coefficient (Wildman–Crippen LogP) is 0.842. The fourth-order valence-corrected chi connectivity index (χ4v) is 1.96. The van der Waals surface area contributed by atoms with Gasteiger partial charge in [-0.1, -0.05) is 12.1 Å². The van der Waals surface area contributed by atoms with Gasteiger partial charge in [0.25, 0.3) is 0 Å². The van der Waals surface area contributed by atoms with Crippen LogP contribution >= 0.6 is 11.8 Å². The van der Waals surface area contributed by atoms with Gasteiger partial charge in [0.1, 0.15) is 0 Å². The Morgan fingerprint density at radius 2 is 2.00 bits per heavy atom. The molecule has 0 heterocycles. The molecule has 0 radical (unpaired) electrons. The van der Waals surface area contributed by atoms with Crippen LogP contribution in [0.3, 0.4) is 0 Å². The molecule has 19 heavy (non-hydrogen) atoms. The molecule has 7 heteroatoms. The number of hydrogen-bond donors (Lipinski definition) is 2. The summed E-state index contributed by atoms with van der Waals surface area (Å²) in [5, 5.41) is 2.55. The number of carbonyl (C=O) groups excluding carboxylic acids is 2. The minimum Gasteiger partial charge on any atom is -0.369 e. The molecule has 0 aliphatic carbocycles. The molecule has 0 atom stereocenters. The third kappa shape index (κ3) is 5.69. The lowest BCUT2D eigenvalue weighted by atomic mass is 10.1. The van der Waals surface area contributed by atoms with E-state index in [0.717, 1.165) is 17.8 Å². The van der Waals surface area contributed by atoms with Gasteiger partial charge in [-0.25, -0.2) is 8.78 Å². The Morgan fingerprint density at radius 3 is 2.68 bits per heavy atom. The second kappa shape index (κ2) is 7.73. The largest absolute Gasteiger partial charge is 0.369 e. The van der Waals surface area contributed by atoms with Crippen molar-refractivity contribution in [3.8, 4) is 0 Å². The average Bonchev–Trinajstić information content (AvgIpc) is 2.34. The molecule has 0 aliphatic rings. The molecule has 0 aromatic heterocycles. The standard InChI is InChI=1S/C12H14F2N2O2S/c13-9-3-1-2-8(12(9)14)4-5-16-11(18)7-19-6-10(15)17/h1-3H,4-7H2,(H2,15,17)(H,16,18). The van der Waals surface area contributed by atoms with Gasteiger partial charge in [0, 0.05) is 6.54 Å². The van der Waals surface area contributed by atoms with Crippen molar-refractivity contribution >= 4 is 23.6 Å². The molecule has 0 bridgehead atoms. The second-order valence-electron chi connectivity index (χ2n) is 3.77. The van der Waals surface area contributed by atoms with Crippen LogP contribution in [0.15, 0.2) is 18.2 Å². The van der Waals surface area contributed by atoms with Crippen LogP contribution in [0.1, 0.15) is 5.56 Å². The first kappa shape index (κ1) is 15.4. The molecule has 3 N–H and O–H groups in total. The van der Waals surface area contributed by atoms with E-state index in [-0.39, 0.29) is 35.9 Å². The molecular formula is C12H14F2N2O2S. The van der Waals surface area contributed by atoms with Crippen LogP contribution in [0.5, 0.6) is 0 Å². The van der Waals surface area contributed by atoms with E-state index < -0.39 is 17.5 Å². The van der Waals surface area contributed by atoms with Crippen molar-refractivity contribution in [1.82, 2.24) is 5.32 Å². The maximum absolute atomic E-state index is 13.3. The van der Waals surface area contributed by atoms with Gasteiger partial charge >= 0.3 is 0 Å². The molecule has 1 aromatic rings. The lowest BCUT2D eigenvalue weighted by Crippen LogP contribution is -2.28. The van der Waals surface area contributed by atoms with Gasteiger partial charge in [-0.3, -0.25) is 9.59 Å². The molecule has 1 aromatic carbocycles. The normalized spacial score (nSPS) is 10.2. The summed E-state index contributed by atoms with van der Waals surface area (Å²) in [5.41, 5.74) is 5.13. The van der Waals surface area contributed by atoms with Crippen LogP contribution in [-0.2, 0) is 16.0 Å². The summed E-state index contributed by atoms with van der Waals surface area (Å²) in [6.07, 6.45) is 0.204. The van der Waals surface area contributed by atoms with E-state index in [0.29, 0.717) is 0 Å². The summed E-state index contributed by atoms with van der Waals surface area (Å²) in [4.78, 5) is 21.8. The highest BCUT2D eigenvalue weighted by Gasteiger charge is 2.08. The minimum absolute atomic E-state index is 0.0753. The van der Waals surface area contributed by atoms with Crippen LogP contribution in [0, 0.1) is 11.6 Å². The molecule has 1 rings (SSSR count). The molecule has 0 aliphatic heterocycles. The number of amides is 2. The van der Waals surface area contributed by atoms with Crippen LogP contribution in [0.4, 0.5) is 8.78 Å². The zero-order valence-electron chi connectivity index (χ0n) is 10.1. The lowest BCUT2D eigenvalue weighted by molar-refractivity contribution is -0.118. The Hall–Kier alpha value is -1.63. The number of thioether (sulfide) groups is 1. The first-order valence-electron chi connectivity index (χ1n) is 5.56. The maximum atomic E-state index is 13.3. The summed E-state index contributed by atoms with van der Waals surface area (Å²) in [5.74, 6) is -2.37. The average molecular weight is 288 g/mol. The number of nitrogens with one attached hydrogen (secondary N) is 1. The molecule has 2 amide bonds. The predicted molar refractivity (Wildman–Crippen MR) is 69.6 cm³/mol. The number of benzene rings is 1. The van der Waals surface area contributed by atoms with Gasteiger partial charge in [-0.15, -0.1) is 11.8 Å². The number of hydrogen-bond acceptors (Lipinski definition) is 3. The van der Waals surface area contributed by atoms with Crippen molar-refractivity contribution < 1.29 is 18.4 Å². The summed E-state index contributed by atoms with van der Waals surface area (Å²) >= 11 is 1.10. The summed E-state index contributed by atoms with van der Waals surface area (Å²) in [6, 6.07) is 3.92. The van der Waals surface area contributed by atoms with E-state index in [1.165, 1.54) is 12.1 Å². The van der Waals surface area contributed by atoms with Crippen molar-refractivity contribution in [3.63, 3.8) is 0 Å². The summed E-state index contributed by atoms with van der Waals surface area (Å²) < 4.78 is 26.2. The van der Waals surface area contributed by atoms with Gasteiger partial charge in [0.05, 0.1) is 11.5 Å². The highest BCUT2D eigenvalue weighted by molar-refractivity contribution is 8.00. The number of primary amides is 1. The number of rotatable bonds is 7. The Kier molecular flexibility index (Phi) is 6.27. The van der Waals surface area contributed by atoms with Crippen molar-refractivity contribution in [2.24, 2.45) is 5.73 Å². The zero-order chi connectivity index (χ0) is 14.3. The van der Waals surface area contributed by atoms with Gasteiger partial charge < -0.3 is 11.1 Å². The number of carbonyl (C=O) groups is 2. The Labute approximate surface area is 113 Å². The third-order valence-electron chi connectivity index (χ3n) is 2.23. The highest BCUT2D eigenvalue weighted by Crippen LogP contribution is 2.11. The summed E-state index contributed by atoms with van der Waals surface area (Å²) in [6.45, 7) is 0.205. The zero-order valence-corrected chi connectivity index (χ0v) is 10.9. The lowest BCUT2D eigenvalue weighted by Gasteiger charge is -2.06. The molecule has 0 fully saturated rings. The highest BCUT2D eigenvalue weighted by atomic mass is 32.2. The van der Waals surface area contributed by atoms with E-state index in [1.807, 2.05) is 0 Å². The van der Waals surface area contributed by atoms with Crippen LogP contribution < -0.4 is 11.1 Å². The van der Waals surface area contributed by atoms with Gasteiger partial charge in [0.15, 0.2) is 11.6 Å². The number of halogens is 2. The van der Waals surface area contributed by atoms with Crippen molar-refractivity contribution in [1.29, 1.82) is 0 Å². The molecule has 0 spiro atoms. The van der Waals surface area contributed by atoms with Gasteiger partial charge in [-0.05, 0) is 18.1 Å². The van der Waals surface area contributed by atoms with Crippen molar-refractivity contribution in [3.05, 3.63) is 35.4 Å².